The average molecular weight is 350 g/mol. The van der Waals surface area contributed by atoms with Crippen LogP contribution in [0.4, 0.5) is 10.2 Å². The summed E-state index contributed by atoms with van der Waals surface area (Å²) in [5, 5.41) is 7.59. The lowest BCUT2D eigenvalue weighted by Crippen LogP contribution is -2.19. The zero-order valence-electron chi connectivity index (χ0n) is 11.0. The molecule has 1 aliphatic rings. The Morgan fingerprint density at radius 2 is 2.41 bits per heavy atom. The fourth-order valence-electron chi connectivity index (χ4n) is 2.16. The molecule has 3 N–H and O–H groups in total. The molecule has 2 aromatic rings. The van der Waals surface area contributed by atoms with Gasteiger partial charge in [-0.25, -0.2) is 18.9 Å². The van der Waals surface area contributed by atoms with E-state index < -0.39 is 25.3 Å². The van der Waals surface area contributed by atoms with Crippen molar-refractivity contribution < 1.29 is 23.1 Å². The second-order valence-electron chi connectivity index (χ2n) is 4.65. The third kappa shape index (κ3) is 3.06. The highest BCUT2D eigenvalue weighted by molar-refractivity contribution is 8.44. The Labute approximate surface area is 128 Å². The van der Waals surface area contributed by atoms with Crippen molar-refractivity contribution in [3.63, 3.8) is 0 Å². The topological polar surface area (TPSA) is 138 Å². The van der Waals surface area contributed by atoms with E-state index in [1.807, 2.05) is 0 Å². The van der Waals surface area contributed by atoms with E-state index in [9.17, 15) is 8.96 Å². The molecule has 1 saturated heterocycles. The molecule has 0 spiro atoms. The van der Waals surface area contributed by atoms with Crippen molar-refractivity contribution in [3.8, 4) is 0 Å². The maximum absolute atomic E-state index is 14.2. The van der Waals surface area contributed by atoms with Crippen LogP contribution in [0.25, 0.3) is 11.2 Å². The number of nitrogens with two attached hydrogens (primary N) is 1. The molecule has 10 nitrogen and oxygen atoms in total. The minimum atomic E-state index is -3.94. The van der Waals surface area contributed by atoms with Crippen LogP contribution >= 0.6 is 19.0 Å². The van der Waals surface area contributed by atoms with Crippen LogP contribution in [0.1, 0.15) is 12.6 Å². The molecule has 2 aromatic heterocycles. The van der Waals surface area contributed by atoms with Gasteiger partial charge >= 0.3 is 6.80 Å². The number of fused-ring (bicyclic) bond motifs is 1. The summed E-state index contributed by atoms with van der Waals surface area (Å²) < 4.78 is 36.4. The number of hydrogen-bond donors (Lipinski definition) is 3. The summed E-state index contributed by atoms with van der Waals surface area (Å²) in [4.78, 5) is 16.7. The normalized spacial score (nSPS) is 28.0. The summed E-state index contributed by atoms with van der Waals surface area (Å²) in [7, 11) is 0. The second kappa shape index (κ2) is 5.70. The predicted molar refractivity (Wildman–Crippen MR) is 75.7 cm³/mol. The average Bonchev–Trinajstić information content (AvgIpc) is 3.00. The molecule has 22 heavy (non-hydrogen) atoms. The number of nitrogens with zero attached hydrogens (tertiary/aromatic N) is 5. The van der Waals surface area contributed by atoms with Crippen molar-refractivity contribution >= 4 is 36.0 Å². The van der Waals surface area contributed by atoms with E-state index in [0.717, 1.165) is 4.68 Å². The Balaban J connectivity index is 1.80. The lowest BCUT2D eigenvalue weighted by molar-refractivity contribution is -0.0389. The lowest BCUT2D eigenvalue weighted by atomic mass is 10.2. The Morgan fingerprint density at radius 1 is 1.64 bits per heavy atom. The van der Waals surface area contributed by atoms with Crippen molar-refractivity contribution in [2.45, 2.75) is 24.9 Å². The van der Waals surface area contributed by atoms with Crippen molar-refractivity contribution in [2.75, 3.05) is 12.3 Å². The maximum atomic E-state index is 14.2. The van der Waals surface area contributed by atoms with Gasteiger partial charge in [0.1, 0.15) is 12.5 Å². The van der Waals surface area contributed by atoms with Crippen molar-refractivity contribution in [2.24, 2.45) is 0 Å². The van der Waals surface area contributed by atoms with E-state index in [4.69, 9.17) is 15.4 Å². The number of anilines is 1. The quantitative estimate of drug-likeness (QED) is 0.530. The first-order valence-electron chi connectivity index (χ1n) is 6.16. The first-order chi connectivity index (χ1) is 10.3. The predicted octanol–water partition coefficient (Wildman–Crippen LogP) is 0.476. The van der Waals surface area contributed by atoms with Gasteiger partial charge in [-0.3, -0.25) is 4.52 Å². The first kappa shape index (κ1) is 15.6. The molecule has 3 rings (SSSR count). The fraction of sp³-hybridized carbons (Fsp3) is 0.556. The van der Waals surface area contributed by atoms with Crippen LogP contribution in [0.5, 0.6) is 0 Å². The number of thiol groups is 1. The summed E-state index contributed by atoms with van der Waals surface area (Å²) in [6.45, 7) is -4.21. The molecule has 0 bridgehead atoms. The molecule has 13 heteroatoms. The monoisotopic (exact) mass is 350 g/mol. The number of halogens is 1. The molecule has 120 valence electrons. The number of alkyl halides is 1. The van der Waals surface area contributed by atoms with E-state index in [1.165, 1.54) is 6.33 Å². The van der Waals surface area contributed by atoms with Crippen LogP contribution in [0, 0.1) is 0 Å². The van der Waals surface area contributed by atoms with Crippen molar-refractivity contribution in [3.05, 3.63) is 6.33 Å². The van der Waals surface area contributed by atoms with E-state index >= 15 is 0 Å². The van der Waals surface area contributed by atoms with Crippen LogP contribution in [0.3, 0.4) is 0 Å². The molecular weight excluding hydrogens is 338 g/mol. The largest absolute Gasteiger partial charge is 0.383 e. The smallest absolute Gasteiger partial charge is 0.382 e. The molecule has 1 fully saturated rings. The molecule has 3 heterocycles. The third-order valence-corrected chi connectivity index (χ3v) is 3.92. The Hall–Kier alpha value is -1.33. The zero-order valence-corrected chi connectivity index (χ0v) is 12.8. The van der Waals surface area contributed by atoms with Gasteiger partial charge in [-0.05, 0) is 0 Å². The number of nitrogen functional groups attached to an aromatic ring is 1. The van der Waals surface area contributed by atoms with Gasteiger partial charge in [-0.1, -0.05) is 17.5 Å². The minimum Gasteiger partial charge on any atom is -0.382 e. The van der Waals surface area contributed by atoms with Gasteiger partial charge in [0.05, 0.1) is 12.7 Å². The summed E-state index contributed by atoms with van der Waals surface area (Å²) in [5.74, 6) is 0.126. The van der Waals surface area contributed by atoms with Crippen LogP contribution in [0.2, 0.25) is 0 Å². The third-order valence-electron chi connectivity index (χ3n) is 3.09. The van der Waals surface area contributed by atoms with Gasteiger partial charge in [-0.15, -0.1) is 5.10 Å². The van der Waals surface area contributed by atoms with Gasteiger partial charge in [0.25, 0.3) is 0 Å². The molecule has 0 aromatic carbocycles. The van der Waals surface area contributed by atoms with Gasteiger partial charge < -0.3 is 15.4 Å². The van der Waals surface area contributed by atoms with Crippen molar-refractivity contribution in [1.82, 2.24) is 25.0 Å². The first-order valence-corrected chi connectivity index (χ1v) is 8.89. The van der Waals surface area contributed by atoms with Gasteiger partial charge in [0.15, 0.2) is 23.2 Å². The number of hydrogen-bond acceptors (Lipinski definition) is 8. The highest BCUT2D eigenvalue weighted by atomic mass is 32.7. The molecule has 4 atom stereocenters. The van der Waals surface area contributed by atoms with Crippen LogP contribution in [0.15, 0.2) is 6.33 Å². The molecule has 0 aliphatic carbocycles. The van der Waals surface area contributed by atoms with Gasteiger partial charge in [-0.2, -0.15) is 4.68 Å². The SMILES string of the molecule is Nc1ncnc2c1nnn2[C@@H]1O[C@H](COP(=O)(O)S)CC1F. The van der Waals surface area contributed by atoms with Gasteiger partial charge in [0, 0.05) is 6.42 Å². The van der Waals surface area contributed by atoms with E-state index in [-0.39, 0.29) is 30.0 Å². The molecular formula is C9H12FN6O4PS. The van der Waals surface area contributed by atoms with Crippen LogP contribution in [-0.2, 0) is 13.8 Å². The van der Waals surface area contributed by atoms with Crippen molar-refractivity contribution in [1.29, 1.82) is 0 Å². The van der Waals surface area contributed by atoms with Crippen LogP contribution < -0.4 is 5.73 Å². The summed E-state index contributed by atoms with van der Waals surface area (Å²) in [5.41, 5.74) is 6.12. The van der Waals surface area contributed by atoms with E-state index in [1.54, 1.807) is 0 Å². The number of rotatable bonds is 4. The highest BCUT2D eigenvalue weighted by Gasteiger charge is 2.39. The number of ether oxygens (including phenoxy) is 1. The maximum Gasteiger partial charge on any atom is 0.383 e. The Kier molecular flexibility index (Phi) is 4.03. The Bertz CT molecular complexity index is 740. The summed E-state index contributed by atoms with van der Waals surface area (Å²) in [6.07, 6.45) is -2.02. The zero-order chi connectivity index (χ0) is 15.9. The minimum absolute atomic E-state index is 0.0274. The van der Waals surface area contributed by atoms with E-state index in [0.29, 0.717) is 0 Å². The van der Waals surface area contributed by atoms with E-state index in [2.05, 4.69) is 37.1 Å². The fourth-order valence-corrected chi connectivity index (χ4v) is 2.72. The molecule has 0 amide bonds. The Morgan fingerprint density at radius 3 is 3.14 bits per heavy atom. The molecule has 0 saturated carbocycles. The summed E-state index contributed by atoms with van der Waals surface area (Å²) >= 11 is 3.37. The second-order valence-corrected chi connectivity index (χ2v) is 7.41. The highest BCUT2D eigenvalue weighted by Crippen LogP contribution is 2.47. The molecule has 2 unspecified atom stereocenters. The standard InChI is InChI=1S/C9H12FN6O4PS/c10-5-1-4(2-19-21(17,18)22)20-9(5)16-8-6(14-15-16)7(11)12-3-13-8/h3-5,9H,1-2H2,(H2,11,12,13)(H2,17,18,22)/t4-,5?,9+/m0/s1. The number of aromatic nitrogens is 5. The van der Waals surface area contributed by atoms with Gasteiger partial charge in [0.2, 0.25) is 0 Å². The molecule has 1 aliphatic heterocycles. The molecule has 0 radical (unpaired) electrons. The lowest BCUT2D eigenvalue weighted by Gasteiger charge is -2.14. The van der Waals surface area contributed by atoms with Crippen LogP contribution in [-0.4, -0.2) is 48.7 Å². The summed E-state index contributed by atoms with van der Waals surface area (Å²) in [6, 6.07) is 0.